The van der Waals surface area contributed by atoms with E-state index in [2.05, 4.69) is 27.9 Å². The molecule has 2 aromatic rings. The second-order valence-corrected chi connectivity index (χ2v) is 6.74. The van der Waals surface area contributed by atoms with Crippen molar-refractivity contribution in [2.75, 3.05) is 38.6 Å². The van der Waals surface area contributed by atoms with Gasteiger partial charge < -0.3 is 9.80 Å². The molecule has 3 heterocycles. The molecule has 6 nitrogen and oxygen atoms in total. The molecular weight excluding hydrogens is 314 g/mol. The van der Waals surface area contributed by atoms with Gasteiger partial charge in [-0.2, -0.15) is 0 Å². The standard InChI is InChI=1S/C19H25N5O/c1-15-13-23(14-16-5-4-7-20-12-16)9-10-24(15)19(25)18-11-17(22(2)3)6-8-21-18/h4-8,11-12,15H,9-10,13-14H2,1-3H3/t15-/m1/s1. The van der Waals surface area contributed by atoms with Crippen LogP contribution in [0.5, 0.6) is 0 Å². The molecule has 0 N–H and O–H groups in total. The predicted molar refractivity (Wildman–Crippen MR) is 98.6 cm³/mol. The first-order valence-electron chi connectivity index (χ1n) is 8.60. The largest absolute Gasteiger partial charge is 0.378 e. The Kier molecular flexibility index (Phi) is 5.28. The minimum Gasteiger partial charge on any atom is -0.378 e. The van der Waals surface area contributed by atoms with Crippen molar-refractivity contribution in [3.05, 3.63) is 54.1 Å². The molecule has 1 aliphatic heterocycles. The number of hydrogen-bond acceptors (Lipinski definition) is 5. The summed E-state index contributed by atoms with van der Waals surface area (Å²) < 4.78 is 0. The molecule has 0 aliphatic carbocycles. The van der Waals surface area contributed by atoms with Gasteiger partial charge in [-0.15, -0.1) is 0 Å². The van der Waals surface area contributed by atoms with Gasteiger partial charge in [-0.25, -0.2) is 0 Å². The molecule has 1 atom stereocenters. The lowest BCUT2D eigenvalue weighted by molar-refractivity contribution is 0.0470. The Morgan fingerprint density at radius 1 is 1.28 bits per heavy atom. The zero-order chi connectivity index (χ0) is 17.8. The van der Waals surface area contributed by atoms with Gasteiger partial charge in [0.05, 0.1) is 0 Å². The normalized spacial score (nSPS) is 18.2. The van der Waals surface area contributed by atoms with Crippen LogP contribution < -0.4 is 4.90 Å². The fourth-order valence-electron chi connectivity index (χ4n) is 3.19. The Morgan fingerprint density at radius 2 is 2.12 bits per heavy atom. The average molecular weight is 339 g/mol. The number of aromatic nitrogens is 2. The van der Waals surface area contributed by atoms with E-state index < -0.39 is 0 Å². The number of amides is 1. The van der Waals surface area contributed by atoms with Crippen molar-refractivity contribution in [2.24, 2.45) is 0 Å². The molecule has 0 aromatic carbocycles. The number of rotatable bonds is 4. The highest BCUT2D eigenvalue weighted by atomic mass is 16.2. The van der Waals surface area contributed by atoms with Crippen molar-refractivity contribution in [1.29, 1.82) is 0 Å². The molecule has 1 fully saturated rings. The molecule has 2 aromatic heterocycles. The van der Waals surface area contributed by atoms with Gasteiger partial charge in [0.2, 0.25) is 0 Å². The Morgan fingerprint density at radius 3 is 2.80 bits per heavy atom. The van der Waals surface area contributed by atoms with Crippen LogP contribution in [0.4, 0.5) is 5.69 Å². The van der Waals surface area contributed by atoms with Crippen LogP contribution in [-0.4, -0.2) is 65.4 Å². The lowest BCUT2D eigenvalue weighted by Gasteiger charge is -2.39. The van der Waals surface area contributed by atoms with E-state index in [1.807, 2.05) is 48.3 Å². The average Bonchev–Trinajstić information content (AvgIpc) is 2.62. The van der Waals surface area contributed by atoms with Crippen molar-refractivity contribution in [3.63, 3.8) is 0 Å². The number of nitrogens with zero attached hydrogens (tertiary/aromatic N) is 5. The summed E-state index contributed by atoms with van der Waals surface area (Å²) in [5, 5.41) is 0. The highest BCUT2D eigenvalue weighted by Gasteiger charge is 2.28. The molecule has 1 aliphatic rings. The molecule has 0 saturated carbocycles. The highest BCUT2D eigenvalue weighted by molar-refractivity contribution is 5.93. The third-order valence-corrected chi connectivity index (χ3v) is 4.58. The van der Waals surface area contributed by atoms with Crippen LogP contribution in [0.1, 0.15) is 23.0 Å². The summed E-state index contributed by atoms with van der Waals surface area (Å²) in [7, 11) is 3.92. The summed E-state index contributed by atoms with van der Waals surface area (Å²) in [5.41, 5.74) is 2.70. The molecule has 0 spiro atoms. The van der Waals surface area contributed by atoms with Crippen molar-refractivity contribution in [3.8, 4) is 0 Å². The molecule has 0 unspecified atom stereocenters. The fourth-order valence-corrected chi connectivity index (χ4v) is 3.19. The fraction of sp³-hybridized carbons (Fsp3) is 0.421. The Bertz CT molecular complexity index is 719. The van der Waals surface area contributed by atoms with Gasteiger partial charge in [0, 0.05) is 70.6 Å². The van der Waals surface area contributed by atoms with Crippen LogP contribution in [0, 0.1) is 0 Å². The maximum absolute atomic E-state index is 12.9. The Labute approximate surface area is 149 Å². The maximum atomic E-state index is 12.9. The first-order valence-corrected chi connectivity index (χ1v) is 8.60. The quantitative estimate of drug-likeness (QED) is 0.851. The summed E-state index contributed by atoms with van der Waals surface area (Å²) in [5.74, 6) is 0.0113. The van der Waals surface area contributed by atoms with E-state index >= 15 is 0 Å². The van der Waals surface area contributed by atoms with Crippen LogP contribution in [0.15, 0.2) is 42.9 Å². The van der Waals surface area contributed by atoms with Gasteiger partial charge in [0.1, 0.15) is 5.69 Å². The lowest BCUT2D eigenvalue weighted by atomic mass is 10.1. The maximum Gasteiger partial charge on any atom is 0.272 e. The van der Waals surface area contributed by atoms with Crippen LogP contribution in [0.25, 0.3) is 0 Å². The van der Waals surface area contributed by atoms with E-state index in [9.17, 15) is 4.79 Å². The summed E-state index contributed by atoms with van der Waals surface area (Å²) in [4.78, 5) is 27.6. The van der Waals surface area contributed by atoms with Gasteiger partial charge in [-0.3, -0.25) is 19.7 Å². The molecule has 0 radical (unpaired) electrons. The van der Waals surface area contributed by atoms with E-state index in [1.54, 1.807) is 12.4 Å². The van der Waals surface area contributed by atoms with Gasteiger partial charge >= 0.3 is 0 Å². The molecule has 132 valence electrons. The zero-order valence-electron chi connectivity index (χ0n) is 15.1. The van der Waals surface area contributed by atoms with Gasteiger partial charge in [0.15, 0.2) is 0 Å². The molecule has 25 heavy (non-hydrogen) atoms. The molecule has 1 saturated heterocycles. The number of hydrogen-bond donors (Lipinski definition) is 0. The van der Waals surface area contributed by atoms with E-state index in [0.717, 1.165) is 25.3 Å². The van der Waals surface area contributed by atoms with Crippen LogP contribution in [0.2, 0.25) is 0 Å². The third-order valence-electron chi connectivity index (χ3n) is 4.58. The lowest BCUT2D eigenvalue weighted by Crippen LogP contribution is -2.53. The first-order chi connectivity index (χ1) is 12.0. The Balaban J connectivity index is 1.65. The SMILES string of the molecule is C[C@@H]1CN(Cc2cccnc2)CCN1C(=O)c1cc(N(C)C)ccn1. The van der Waals surface area contributed by atoms with E-state index in [-0.39, 0.29) is 11.9 Å². The van der Waals surface area contributed by atoms with Gasteiger partial charge in [-0.1, -0.05) is 6.07 Å². The minimum absolute atomic E-state index is 0.0113. The number of carbonyl (C=O) groups excluding carboxylic acids is 1. The second-order valence-electron chi connectivity index (χ2n) is 6.74. The van der Waals surface area contributed by atoms with Gasteiger partial charge in [-0.05, 0) is 30.7 Å². The zero-order valence-corrected chi connectivity index (χ0v) is 15.1. The predicted octanol–water partition coefficient (Wildman–Crippen LogP) is 1.89. The molecule has 0 bridgehead atoms. The number of anilines is 1. The van der Waals surface area contributed by atoms with Gasteiger partial charge in [0.25, 0.3) is 5.91 Å². The Hall–Kier alpha value is -2.47. The monoisotopic (exact) mass is 339 g/mol. The van der Waals surface area contributed by atoms with E-state index in [1.165, 1.54) is 5.56 Å². The van der Waals surface area contributed by atoms with E-state index in [0.29, 0.717) is 12.2 Å². The second kappa shape index (κ2) is 7.61. The molecular formula is C19H25N5O. The van der Waals surface area contributed by atoms with E-state index in [4.69, 9.17) is 0 Å². The summed E-state index contributed by atoms with van der Waals surface area (Å²) >= 11 is 0. The van der Waals surface area contributed by atoms with Crippen LogP contribution in [0.3, 0.4) is 0 Å². The summed E-state index contributed by atoms with van der Waals surface area (Å²) in [6.07, 6.45) is 5.39. The number of piperazine rings is 1. The highest BCUT2D eigenvalue weighted by Crippen LogP contribution is 2.17. The number of pyridine rings is 2. The smallest absolute Gasteiger partial charge is 0.272 e. The molecule has 6 heteroatoms. The van der Waals surface area contributed by atoms with Crippen LogP contribution in [-0.2, 0) is 6.54 Å². The molecule has 1 amide bonds. The first kappa shape index (κ1) is 17.4. The van der Waals surface area contributed by atoms with Crippen molar-refractivity contribution in [1.82, 2.24) is 19.8 Å². The third kappa shape index (κ3) is 4.14. The number of carbonyl (C=O) groups is 1. The summed E-state index contributed by atoms with van der Waals surface area (Å²) in [6.45, 7) is 5.40. The van der Waals surface area contributed by atoms with Crippen molar-refractivity contribution >= 4 is 11.6 Å². The topological polar surface area (TPSA) is 52.6 Å². The van der Waals surface area contributed by atoms with Crippen molar-refractivity contribution in [2.45, 2.75) is 19.5 Å². The summed E-state index contributed by atoms with van der Waals surface area (Å²) in [6, 6.07) is 7.97. The van der Waals surface area contributed by atoms with Crippen LogP contribution >= 0.6 is 0 Å². The van der Waals surface area contributed by atoms with Crippen molar-refractivity contribution < 1.29 is 4.79 Å². The minimum atomic E-state index is 0.0113. The molecule has 3 rings (SSSR count).